The van der Waals surface area contributed by atoms with Crippen molar-refractivity contribution >= 4 is 23.6 Å². The highest BCUT2D eigenvalue weighted by Gasteiger charge is 2.54. The van der Waals surface area contributed by atoms with E-state index in [1.807, 2.05) is 6.92 Å². The minimum absolute atomic E-state index is 0.0145. The molecule has 30 heteroatoms. The molecular weight excluding hydrogens is 1200 g/mol. The van der Waals surface area contributed by atoms with E-state index in [0.717, 1.165) is 0 Å². The molecule has 0 spiro atoms. The molecule has 91 heavy (non-hydrogen) atoms. The predicted molar refractivity (Wildman–Crippen MR) is 310 cm³/mol. The Balaban J connectivity index is 0.918. The summed E-state index contributed by atoms with van der Waals surface area (Å²) < 4.78 is 74.9. The second-order valence-corrected chi connectivity index (χ2v) is 24.3. The highest BCUT2D eigenvalue weighted by molar-refractivity contribution is 5.82. The third-order valence-corrected chi connectivity index (χ3v) is 18.1. The zero-order chi connectivity index (χ0) is 65.5. The lowest BCUT2D eigenvalue weighted by molar-refractivity contribution is -0.338. The Kier molecular flexibility index (Phi) is 23.5. The lowest BCUT2D eigenvalue weighted by Gasteiger charge is -2.49. The minimum Gasteiger partial charge on any atom is -0.479 e. The van der Waals surface area contributed by atoms with Crippen LogP contribution in [0.4, 0.5) is 8.78 Å². The molecule has 3 saturated heterocycles. The van der Waals surface area contributed by atoms with Crippen molar-refractivity contribution in [2.75, 3.05) is 13.2 Å². The summed E-state index contributed by atoms with van der Waals surface area (Å²) in [4.78, 5) is 54.2. The molecule has 502 valence electrons. The van der Waals surface area contributed by atoms with E-state index in [1.54, 1.807) is 26.0 Å². The van der Waals surface area contributed by atoms with Gasteiger partial charge < -0.3 is 89.8 Å². The highest BCUT2D eigenvalue weighted by Crippen LogP contribution is 2.42. The number of carboxylic acid groups (broad SMARTS) is 1. The topological polar surface area (TPSA) is 400 Å². The number of amides is 2. The number of aliphatic hydroxyl groups is 8. The second kappa shape index (κ2) is 30.9. The molecule has 2 aromatic heterocycles. The van der Waals surface area contributed by atoms with E-state index < -0.39 is 182 Å². The van der Waals surface area contributed by atoms with E-state index >= 15 is 0 Å². The Labute approximate surface area is 523 Å². The van der Waals surface area contributed by atoms with Crippen LogP contribution in [0.5, 0.6) is 0 Å². The number of Topliss-reactive ketones (excluding diaryl/α,β-unsaturated/α-hetero) is 1. The molecule has 9 rings (SSSR count). The second-order valence-electron chi connectivity index (χ2n) is 24.3. The van der Waals surface area contributed by atoms with Gasteiger partial charge in [0.05, 0.1) is 55.6 Å². The van der Waals surface area contributed by atoms with Gasteiger partial charge in [0.1, 0.15) is 95.8 Å². The average molecular weight is 1290 g/mol. The number of aromatic nitrogens is 6. The number of carbonyl (C=O) groups is 4. The van der Waals surface area contributed by atoms with Gasteiger partial charge in [-0.05, 0) is 82.1 Å². The Bertz CT molecular complexity index is 3080. The van der Waals surface area contributed by atoms with Crippen molar-refractivity contribution in [1.82, 2.24) is 40.6 Å². The minimum atomic E-state index is -1.74. The van der Waals surface area contributed by atoms with Crippen molar-refractivity contribution in [3.63, 3.8) is 0 Å². The molecule has 3 aliphatic heterocycles. The summed E-state index contributed by atoms with van der Waals surface area (Å²) in [6.45, 7) is 7.14. The first-order valence-electron chi connectivity index (χ1n) is 31.1. The number of halogens is 2. The monoisotopic (exact) mass is 1290 g/mol. The number of rotatable bonds is 25. The van der Waals surface area contributed by atoms with Crippen LogP contribution in [-0.2, 0) is 52.3 Å². The number of ether oxygens (including phenoxy) is 7. The molecule has 11 N–H and O–H groups in total. The van der Waals surface area contributed by atoms with E-state index in [2.05, 4.69) is 31.3 Å². The normalized spacial score (nSPS) is 35.7. The number of hydrogen-bond acceptors (Lipinski definition) is 23. The van der Waals surface area contributed by atoms with Crippen LogP contribution in [0.3, 0.4) is 0 Å². The van der Waals surface area contributed by atoms with Crippen molar-refractivity contribution in [3.05, 3.63) is 72.6 Å². The van der Waals surface area contributed by atoms with Gasteiger partial charge in [0.2, 0.25) is 11.8 Å². The van der Waals surface area contributed by atoms with Gasteiger partial charge >= 0.3 is 5.97 Å². The van der Waals surface area contributed by atoms with Crippen molar-refractivity contribution in [2.24, 2.45) is 17.8 Å². The van der Waals surface area contributed by atoms with E-state index in [1.165, 1.54) is 72.0 Å². The van der Waals surface area contributed by atoms with Gasteiger partial charge in [0, 0.05) is 42.9 Å². The Hall–Kier alpha value is -5.94. The lowest BCUT2D eigenvalue weighted by atomic mass is 9.74. The molecule has 10 unspecified atom stereocenters. The molecule has 28 nitrogen and oxygen atoms in total. The summed E-state index contributed by atoms with van der Waals surface area (Å²) in [7, 11) is 0. The number of hydrogen-bond donors (Lipinski definition) is 11. The maximum absolute atomic E-state index is 14.5. The summed E-state index contributed by atoms with van der Waals surface area (Å²) in [5.41, 5.74) is 1.30. The summed E-state index contributed by atoms with van der Waals surface area (Å²) in [5.74, 6) is -5.97. The van der Waals surface area contributed by atoms with Gasteiger partial charge in [-0.2, -0.15) is 0 Å². The first-order chi connectivity index (χ1) is 43.5. The van der Waals surface area contributed by atoms with Crippen LogP contribution >= 0.6 is 0 Å². The Morgan fingerprint density at radius 2 is 1.32 bits per heavy atom. The maximum Gasteiger partial charge on any atom is 0.332 e. The van der Waals surface area contributed by atoms with Crippen molar-refractivity contribution in [2.45, 2.75) is 227 Å². The number of aliphatic carboxylic acids is 1. The summed E-state index contributed by atoms with van der Waals surface area (Å²) >= 11 is 0. The number of aliphatic hydroxyl groups excluding tert-OH is 8. The van der Waals surface area contributed by atoms with E-state index in [4.69, 9.17) is 33.2 Å². The van der Waals surface area contributed by atoms with E-state index in [-0.39, 0.29) is 75.1 Å². The van der Waals surface area contributed by atoms with Crippen LogP contribution in [0.2, 0.25) is 0 Å². The van der Waals surface area contributed by atoms with Crippen LogP contribution < -0.4 is 10.6 Å². The molecule has 2 amide bonds. The van der Waals surface area contributed by atoms with Gasteiger partial charge in [-0.15, -0.1) is 10.2 Å². The molecular formula is C61H84F2N8O20. The number of nitrogens with one attached hydrogen (secondary N) is 2. The number of benzene rings is 2. The number of carboxylic acids is 1. The quantitative estimate of drug-likeness (QED) is 0.0412. The van der Waals surface area contributed by atoms with Crippen LogP contribution in [0, 0.1) is 29.4 Å². The molecule has 0 bridgehead atoms. The van der Waals surface area contributed by atoms with Gasteiger partial charge in [-0.3, -0.25) is 14.4 Å². The first-order valence-corrected chi connectivity index (χ1v) is 31.1. The molecule has 0 radical (unpaired) electrons. The van der Waals surface area contributed by atoms with Crippen LogP contribution in [0.25, 0.3) is 22.5 Å². The number of carbonyl (C=O) groups excluding carboxylic acids is 3. The fraction of sp³-hybridized carbons (Fsp3) is 0.672. The largest absolute Gasteiger partial charge is 0.479 e. The van der Waals surface area contributed by atoms with E-state index in [0.29, 0.717) is 24.0 Å². The standard InChI is InChI=1S/C61H84F2N8O20/c1-6-12-42(58(83)84)86-56-46(65-29(5)73)59(90-45(27-72)51(56)78)89-44-23-33(19-30(7-2)55(44)91-61-54(81)53(80)48(75)28(4)85-61)40(74)17-11-18-64-57(82)34-22-39(70-25-37(66-68-70)31-13-9-15-35(62)20-31)49(76)43(24-34)88-60-52(79)47(50(77)41(8-3)87-60)71-26-38(67-69-71)32-14-10-16-36(63)21-32/h9-10,13-16,20-21,25-26,28,30,33-34,39,41-56,59-61,72,75-81H,6-8,11-12,17-19,22-24,27H2,1-5H3,(H,64,82)(H,65,73)(H,83,84)/t28?,30-,33?,34+,39?,41?,42+,43-,44-,45+,46?,47-,48-,49?,50+,51+,52?,53+,54?,55?,56?,59-,60+,61+/m1/s1. The molecule has 2 aliphatic carbocycles. The molecule has 5 fully saturated rings. The Morgan fingerprint density at radius 3 is 1.93 bits per heavy atom. The zero-order valence-corrected chi connectivity index (χ0v) is 51.1. The summed E-state index contributed by atoms with van der Waals surface area (Å²) in [6, 6.07) is 7.68. The smallest absolute Gasteiger partial charge is 0.332 e. The van der Waals surface area contributed by atoms with Crippen LogP contribution in [0.15, 0.2) is 60.9 Å². The molecule has 4 aromatic rings. The fourth-order valence-corrected chi connectivity index (χ4v) is 13.1. The highest BCUT2D eigenvalue weighted by atomic mass is 19.1. The lowest BCUT2D eigenvalue weighted by Crippen LogP contribution is -2.67. The number of ketones is 1. The zero-order valence-electron chi connectivity index (χ0n) is 51.1. The molecule has 5 aliphatic rings. The maximum atomic E-state index is 14.5. The summed E-state index contributed by atoms with van der Waals surface area (Å²) in [6.07, 6.45) is -21.4. The number of nitrogens with zero attached hydrogens (tertiary/aromatic N) is 6. The van der Waals surface area contributed by atoms with Gasteiger partial charge in [0.25, 0.3) is 0 Å². The van der Waals surface area contributed by atoms with Crippen molar-refractivity contribution in [3.8, 4) is 22.5 Å². The van der Waals surface area contributed by atoms with Gasteiger partial charge in [-0.1, -0.05) is 68.3 Å². The van der Waals surface area contributed by atoms with E-state index in [9.17, 15) is 73.9 Å². The summed E-state index contributed by atoms with van der Waals surface area (Å²) in [5, 5.41) is 122. The molecule has 2 saturated carbocycles. The predicted octanol–water partition coefficient (Wildman–Crippen LogP) is 0.998. The van der Waals surface area contributed by atoms with Crippen LogP contribution in [0.1, 0.15) is 111 Å². The van der Waals surface area contributed by atoms with Gasteiger partial charge in [0.15, 0.2) is 25.0 Å². The first kappa shape index (κ1) is 69.4. The van der Waals surface area contributed by atoms with Crippen LogP contribution in [-0.4, -0.2) is 229 Å². The molecule has 2 aromatic carbocycles. The van der Waals surface area contributed by atoms with Crippen molar-refractivity contribution in [1.29, 1.82) is 0 Å². The molecule has 24 atom stereocenters. The Morgan fingerprint density at radius 1 is 0.692 bits per heavy atom. The molecule has 5 heterocycles. The fourth-order valence-electron chi connectivity index (χ4n) is 13.1. The SMILES string of the molecule is CCC[C@H](OC1C(NC(C)=O)[C@H](O[C@@H]2CC(C(=O)CCCNC(=O)[C@H]3CC(n4cc(-c5cccc(F)c5)nn4)C(O)[C@H](O[C@@H]4OC(CC)[C@H](O)[C@@H](n5cc(-c6cccc(F)c6)nn5)C4O)C3)C[C@@H](CC)C2O[C@@H]2OC(C)[C@@H](O)[C@H](O)C2O)O[C@@H](CO)[C@@H]1O)C(=O)O. The third kappa shape index (κ3) is 16.0. The third-order valence-electron chi connectivity index (χ3n) is 18.1. The van der Waals surface area contributed by atoms with Crippen molar-refractivity contribution < 1.29 is 107 Å². The average Bonchev–Trinajstić information content (AvgIpc) is 1.93. The van der Waals surface area contributed by atoms with Gasteiger partial charge in [-0.25, -0.2) is 22.9 Å².